The van der Waals surface area contributed by atoms with Crippen LogP contribution in [0.15, 0.2) is 66.7 Å². The predicted octanol–water partition coefficient (Wildman–Crippen LogP) is 3.76. The minimum Gasteiger partial charge on any atom is -0.394 e. The van der Waals surface area contributed by atoms with E-state index in [9.17, 15) is 14.3 Å². The van der Waals surface area contributed by atoms with Crippen LogP contribution in [0.4, 0.5) is 4.39 Å². The van der Waals surface area contributed by atoms with Gasteiger partial charge in [-0.25, -0.2) is 4.39 Å². The molecule has 0 heterocycles. The first-order chi connectivity index (χ1) is 12.2. The molecule has 128 valence electrons. The summed E-state index contributed by atoms with van der Waals surface area (Å²) in [5.41, 5.74) is 1.64. The number of rotatable bonds is 6. The van der Waals surface area contributed by atoms with E-state index >= 15 is 0 Å². The standard InChI is InChI=1S/C21H20FNO2/c22-19-7-3-4-15(12-19)8-11-21(25)23-20(14-24)18-10-9-16-5-1-2-6-17(16)13-18/h1-7,9-10,12-13,20,24H,8,11,14H2,(H,23,25). The largest absolute Gasteiger partial charge is 0.394 e. The Morgan fingerprint density at radius 3 is 2.56 bits per heavy atom. The van der Waals surface area contributed by atoms with Crippen molar-refractivity contribution in [1.82, 2.24) is 5.32 Å². The van der Waals surface area contributed by atoms with E-state index in [2.05, 4.69) is 5.32 Å². The van der Waals surface area contributed by atoms with Crippen molar-refractivity contribution in [2.45, 2.75) is 18.9 Å². The van der Waals surface area contributed by atoms with Gasteiger partial charge in [-0.1, -0.05) is 48.5 Å². The van der Waals surface area contributed by atoms with Gasteiger partial charge in [-0.05, 0) is 46.5 Å². The van der Waals surface area contributed by atoms with E-state index in [1.807, 2.05) is 42.5 Å². The second-order valence-electron chi connectivity index (χ2n) is 6.04. The number of aliphatic hydroxyl groups excluding tert-OH is 1. The molecule has 0 bridgehead atoms. The molecule has 0 saturated heterocycles. The summed E-state index contributed by atoms with van der Waals surface area (Å²) in [7, 11) is 0. The summed E-state index contributed by atoms with van der Waals surface area (Å²) < 4.78 is 13.2. The molecule has 25 heavy (non-hydrogen) atoms. The third-order valence-corrected chi connectivity index (χ3v) is 4.22. The lowest BCUT2D eigenvalue weighted by molar-refractivity contribution is -0.122. The molecule has 0 radical (unpaired) electrons. The summed E-state index contributed by atoms with van der Waals surface area (Å²) in [6, 6.07) is 19.6. The van der Waals surface area contributed by atoms with Crippen LogP contribution in [0.3, 0.4) is 0 Å². The molecule has 0 aliphatic heterocycles. The fraction of sp³-hybridized carbons (Fsp3) is 0.190. The normalized spacial score (nSPS) is 12.1. The van der Waals surface area contributed by atoms with Gasteiger partial charge in [0, 0.05) is 6.42 Å². The summed E-state index contributed by atoms with van der Waals surface area (Å²) in [6.07, 6.45) is 0.701. The summed E-state index contributed by atoms with van der Waals surface area (Å²) in [5.74, 6) is -0.473. The van der Waals surface area contributed by atoms with Gasteiger partial charge in [-0.2, -0.15) is 0 Å². The van der Waals surface area contributed by atoms with Gasteiger partial charge in [-0.15, -0.1) is 0 Å². The van der Waals surface area contributed by atoms with E-state index in [1.54, 1.807) is 12.1 Å². The molecule has 1 amide bonds. The number of carbonyl (C=O) groups excluding carboxylic acids is 1. The third-order valence-electron chi connectivity index (χ3n) is 4.22. The first-order valence-electron chi connectivity index (χ1n) is 8.29. The first-order valence-corrected chi connectivity index (χ1v) is 8.29. The molecule has 1 unspecified atom stereocenters. The summed E-state index contributed by atoms with van der Waals surface area (Å²) >= 11 is 0. The molecule has 0 aromatic heterocycles. The third kappa shape index (κ3) is 4.43. The Morgan fingerprint density at radius 1 is 1.00 bits per heavy atom. The molecule has 1 atom stereocenters. The van der Waals surface area contributed by atoms with Gasteiger partial charge in [0.05, 0.1) is 12.6 Å². The van der Waals surface area contributed by atoms with Crippen LogP contribution in [0.5, 0.6) is 0 Å². The zero-order valence-electron chi connectivity index (χ0n) is 13.8. The number of benzene rings is 3. The molecule has 0 saturated carbocycles. The monoisotopic (exact) mass is 337 g/mol. The lowest BCUT2D eigenvalue weighted by Crippen LogP contribution is -2.30. The molecular weight excluding hydrogens is 317 g/mol. The van der Waals surface area contributed by atoms with Gasteiger partial charge < -0.3 is 10.4 Å². The highest BCUT2D eigenvalue weighted by Crippen LogP contribution is 2.20. The van der Waals surface area contributed by atoms with Crippen LogP contribution in [0, 0.1) is 5.82 Å². The van der Waals surface area contributed by atoms with Crippen molar-refractivity contribution in [1.29, 1.82) is 0 Å². The number of aryl methyl sites for hydroxylation is 1. The number of nitrogens with one attached hydrogen (secondary N) is 1. The van der Waals surface area contributed by atoms with Gasteiger partial charge >= 0.3 is 0 Å². The van der Waals surface area contributed by atoms with Crippen molar-refractivity contribution in [3.63, 3.8) is 0 Å². The average molecular weight is 337 g/mol. The molecule has 0 spiro atoms. The molecule has 0 fully saturated rings. The number of amides is 1. The lowest BCUT2D eigenvalue weighted by atomic mass is 10.0. The van der Waals surface area contributed by atoms with Crippen LogP contribution in [0.2, 0.25) is 0 Å². The molecule has 2 N–H and O–H groups in total. The lowest BCUT2D eigenvalue weighted by Gasteiger charge is -2.17. The van der Waals surface area contributed by atoms with Crippen molar-refractivity contribution in [2.24, 2.45) is 0 Å². The molecule has 3 rings (SSSR count). The average Bonchev–Trinajstić information content (AvgIpc) is 2.64. The molecule has 3 aromatic carbocycles. The second-order valence-corrected chi connectivity index (χ2v) is 6.04. The minimum atomic E-state index is -0.454. The Labute approximate surface area is 146 Å². The van der Waals surface area contributed by atoms with Crippen molar-refractivity contribution in [3.05, 3.63) is 83.7 Å². The quantitative estimate of drug-likeness (QED) is 0.719. The number of fused-ring (bicyclic) bond motifs is 1. The smallest absolute Gasteiger partial charge is 0.220 e. The molecule has 0 aliphatic carbocycles. The molecule has 4 heteroatoms. The van der Waals surface area contributed by atoms with E-state index in [0.29, 0.717) is 6.42 Å². The summed E-state index contributed by atoms with van der Waals surface area (Å²) in [6.45, 7) is -0.177. The zero-order chi connectivity index (χ0) is 17.6. The van der Waals surface area contributed by atoms with Gasteiger partial charge in [0.25, 0.3) is 0 Å². The van der Waals surface area contributed by atoms with Crippen molar-refractivity contribution in [2.75, 3.05) is 6.61 Å². The number of hydrogen-bond donors (Lipinski definition) is 2. The van der Waals surface area contributed by atoms with Crippen LogP contribution in [-0.2, 0) is 11.2 Å². The number of carbonyl (C=O) groups is 1. The van der Waals surface area contributed by atoms with Crippen molar-refractivity contribution < 1.29 is 14.3 Å². The fourth-order valence-electron chi connectivity index (χ4n) is 2.88. The van der Waals surface area contributed by atoms with Crippen LogP contribution in [-0.4, -0.2) is 17.6 Å². The Hall–Kier alpha value is -2.72. The van der Waals surface area contributed by atoms with E-state index in [1.165, 1.54) is 12.1 Å². The SMILES string of the molecule is O=C(CCc1cccc(F)c1)NC(CO)c1ccc2ccccc2c1. The topological polar surface area (TPSA) is 49.3 Å². The molecule has 3 nitrogen and oxygen atoms in total. The molecule has 3 aromatic rings. The Kier molecular flexibility index (Phi) is 5.41. The maximum atomic E-state index is 13.2. The highest BCUT2D eigenvalue weighted by molar-refractivity contribution is 5.83. The van der Waals surface area contributed by atoms with Crippen LogP contribution in [0.25, 0.3) is 10.8 Å². The van der Waals surface area contributed by atoms with E-state index < -0.39 is 6.04 Å². The van der Waals surface area contributed by atoms with Crippen LogP contribution < -0.4 is 5.32 Å². The van der Waals surface area contributed by atoms with Gasteiger partial charge in [0.1, 0.15) is 5.82 Å². The van der Waals surface area contributed by atoms with Gasteiger partial charge in [0.15, 0.2) is 0 Å². The number of halogens is 1. The Balaban J connectivity index is 1.65. The zero-order valence-corrected chi connectivity index (χ0v) is 13.8. The van der Waals surface area contributed by atoms with Crippen LogP contribution >= 0.6 is 0 Å². The minimum absolute atomic E-state index is 0.170. The maximum absolute atomic E-state index is 13.2. The van der Waals surface area contributed by atoms with E-state index in [0.717, 1.165) is 21.9 Å². The number of hydrogen-bond acceptors (Lipinski definition) is 2. The second kappa shape index (κ2) is 7.90. The Bertz CT molecular complexity index is 878. The van der Waals surface area contributed by atoms with Gasteiger partial charge in [-0.3, -0.25) is 4.79 Å². The highest BCUT2D eigenvalue weighted by atomic mass is 19.1. The van der Waals surface area contributed by atoms with Gasteiger partial charge in [0.2, 0.25) is 5.91 Å². The fourth-order valence-corrected chi connectivity index (χ4v) is 2.88. The van der Waals surface area contributed by atoms with E-state index in [4.69, 9.17) is 0 Å². The molecular formula is C21H20FNO2. The van der Waals surface area contributed by atoms with Crippen molar-refractivity contribution >= 4 is 16.7 Å². The predicted molar refractivity (Wildman–Crippen MR) is 96.6 cm³/mol. The maximum Gasteiger partial charge on any atom is 0.220 e. The van der Waals surface area contributed by atoms with Crippen LogP contribution in [0.1, 0.15) is 23.6 Å². The summed E-state index contributed by atoms with van der Waals surface area (Å²) in [4.78, 5) is 12.2. The first kappa shape index (κ1) is 17.1. The van der Waals surface area contributed by atoms with E-state index in [-0.39, 0.29) is 24.8 Å². The van der Waals surface area contributed by atoms with Crippen molar-refractivity contribution in [3.8, 4) is 0 Å². The Morgan fingerprint density at radius 2 is 1.80 bits per heavy atom. The summed E-state index contributed by atoms with van der Waals surface area (Å²) in [5, 5.41) is 14.7. The molecule has 0 aliphatic rings. The number of aliphatic hydroxyl groups is 1. The highest BCUT2D eigenvalue weighted by Gasteiger charge is 2.14.